The van der Waals surface area contributed by atoms with Crippen molar-refractivity contribution < 1.29 is 51.8 Å². The highest BCUT2D eigenvalue weighted by molar-refractivity contribution is 5.10. The monoisotopic (exact) mass is 490 g/mol. The topological polar surface area (TPSA) is 146 Å². The average Bonchev–Trinajstić information content (AvgIpc) is 3.55. The molecule has 2 rings (SSSR count). The van der Waals surface area contributed by atoms with Gasteiger partial charge in [0, 0.05) is 34.9 Å². The highest BCUT2D eigenvalue weighted by Crippen LogP contribution is 2.30. The SMILES string of the molecule is COCO[C@@H]([C@@H](C)OCOC)[C@@H](C[C@H](OCOC)c1coc([C@@H](O)c2cnco2)n1)OCOC. The van der Waals surface area contributed by atoms with Crippen LogP contribution in [0.15, 0.2) is 27.7 Å². The standard InChI is InChI=1S/C21H34N2O11/c1-14(31-10-25-2)20(34-13-28-5)17(33-12-27-4)6-16(32-11-26-3)15-8-29-21(23-15)19(24)18-7-22-9-30-18/h7-9,14,16-17,19-20,24H,6,10-13H2,1-5H3/t14-,16+,17-,19+,20+/m1/s1. The number of nitrogens with zero attached hydrogens (tertiary/aromatic N) is 2. The van der Waals surface area contributed by atoms with Crippen LogP contribution in [0.4, 0.5) is 0 Å². The molecule has 2 aromatic heterocycles. The molecule has 0 amide bonds. The molecule has 5 atom stereocenters. The quantitative estimate of drug-likeness (QED) is 0.286. The third-order valence-corrected chi connectivity index (χ3v) is 4.71. The molecule has 13 nitrogen and oxygen atoms in total. The normalized spacial score (nSPS) is 16.3. The Kier molecular flexibility index (Phi) is 13.2. The van der Waals surface area contributed by atoms with Crippen LogP contribution in [0, 0.1) is 0 Å². The van der Waals surface area contributed by atoms with Gasteiger partial charge in [-0.05, 0) is 6.92 Å². The van der Waals surface area contributed by atoms with Crippen molar-refractivity contribution in [1.82, 2.24) is 9.97 Å². The minimum absolute atomic E-state index is 0.000221. The van der Waals surface area contributed by atoms with Crippen LogP contribution in [0.2, 0.25) is 0 Å². The molecule has 0 fully saturated rings. The summed E-state index contributed by atoms with van der Waals surface area (Å²) >= 11 is 0. The number of methoxy groups -OCH3 is 4. The first-order chi connectivity index (χ1) is 16.5. The Morgan fingerprint density at radius 1 is 0.882 bits per heavy atom. The second kappa shape index (κ2) is 15.9. The van der Waals surface area contributed by atoms with E-state index in [1.54, 1.807) is 0 Å². The van der Waals surface area contributed by atoms with Crippen molar-refractivity contribution in [3.63, 3.8) is 0 Å². The molecule has 1 N–H and O–H groups in total. The molecule has 34 heavy (non-hydrogen) atoms. The maximum atomic E-state index is 10.4. The first kappa shape index (κ1) is 28.3. The Labute approximate surface area is 198 Å². The number of aliphatic hydroxyl groups excluding tert-OH is 1. The molecule has 0 bridgehead atoms. The Bertz CT molecular complexity index is 758. The van der Waals surface area contributed by atoms with Gasteiger partial charge in [0.2, 0.25) is 5.89 Å². The van der Waals surface area contributed by atoms with Gasteiger partial charge in [0.25, 0.3) is 0 Å². The van der Waals surface area contributed by atoms with Crippen molar-refractivity contribution in [2.45, 2.75) is 43.9 Å². The summed E-state index contributed by atoms with van der Waals surface area (Å²) < 4.78 is 54.2. The maximum Gasteiger partial charge on any atom is 0.231 e. The molecular formula is C21H34N2O11. The van der Waals surface area contributed by atoms with E-state index in [9.17, 15) is 5.11 Å². The molecule has 0 radical (unpaired) electrons. The summed E-state index contributed by atoms with van der Waals surface area (Å²) in [6.07, 6.45) is 0.766. The van der Waals surface area contributed by atoms with Gasteiger partial charge in [-0.1, -0.05) is 0 Å². The zero-order valence-corrected chi connectivity index (χ0v) is 20.1. The van der Waals surface area contributed by atoms with Gasteiger partial charge in [-0.2, -0.15) is 0 Å². The predicted molar refractivity (Wildman–Crippen MR) is 113 cm³/mol. The van der Waals surface area contributed by atoms with Gasteiger partial charge < -0.3 is 51.8 Å². The fourth-order valence-corrected chi connectivity index (χ4v) is 3.11. The molecule has 13 heteroatoms. The molecule has 0 aliphatic carbocycles. The lowest BCUT2D eigenvalue weighted by atomic mass is 10.0. The predicted octanol–water partition coefficient (Wildman–Crippen LogP) is 1.78. The number of oxazole rings is 2. The fourth-order valence-electron chi connectivity index (χ4n) is 3.11. The Morgan fingerprint density at radius 3 is 2.18 bits per heavy atom. The van der Waals surface area contributed by atoms with Crippen molar-refractivity contribution in [1.29, 1.82) is 0 Å². The lowest BCUT2D eigenvalue weighted by Gasteiger charge is -2.33. The molecule has 0 spiro atoms. The van der Waals surface area contributed by atoms with Crippen LogP contribution in [0.25, 0.3) is 0 Å². The molecule has 194 valence electrons. The summed E-state index contributed by atoms with van der Waals surface area (Å²) in [4.78, 5) is 8.17. The van der Waals surface area contributed by atoms with Crippen LogP contribution in [0.5, 0.6) is 0 Å². The molecule has 2 aromatic rings. The smallest absolute Gasteiger partial charge is 0.231 e. The highest BCUT2D eigenvalue weighted by Gasteiger charge is 2.34. The summed E-state index contributed by atoms with van der Waals surface area (Å²) in [5, 5.41) is 10.4. The van der Waals surface area contributed by atoms with Gasteiger partial charge in [-0.3, -0.25) is 0 Å². The summed E-state index contributed by atoms with van der Waals surface area (Å²) in [5.74, 6) is 0.220. The second-order valence-electron chi connectivity index (χ2n) is 7.14. The van der Waals surface area contributed by atoms with Crippen molar-refractivity contribution in [2.75, 3.05) is 55.6 Å². The Balaban J connectivity index is 2.25. The van der Waals surface area contributed by atoms with E-state index in [-0.39, 0.29) is 45.2 Å². The van der Waals surface area contributed by atoms with E-state index >= 15 is 0 Å². The first-order valence-electron chi connectivity index (χ1n) is 10.5. The molecule has 0 aliphatic rings. The molecule has 0 saturated heterocycles. The van der Waals surface area contributed by atoms with Gasteiger partial charge in [0.15, 0.2) is 18.3 Å². The molecular weight excluding hydrogens is 456 g/mol. The number of hydrogen-bond donors (Lipinski definition) is 1. The van der Waals surface area contributed by atoms with Gasteiger partial charge in [0.1, 0.15) is 51.3 Å². The van der Waals surface area contributed by atoms with Crippen molar-refractivity contribution in [3.05, 3.63) is 36.2 Å². The summed E-state index contributed by atoms with van der Waals surface area (Å²) in [6, 6.07) is 0. The summed E-state index contributed by atoms with van der Waals surface area (Å²) in [6.45, 7) is 1.89. The van der Waals surface area contributed by atoms with Crippen LogP contribution in [-0.2, 0) is 37.9 Å². The van der Waals surface area contributed by atoms with Crippen LogP contribution < -0.4 is 0 Å². The number of aromatic nitrogens is 2. The third-order valence-electron chi connectivity index (χ3n) is 4.71. The second-order valence-corrected chi connectivity index (χ2v) is 7.14. The summed E-state index contributed by atoms with van der Waals surface area (Å²) in [7, 11) is 6.06. The van der Waals surface area contributed by atoms with Gasteiger partial charge in [-0.25, -0.2) is 9.97 Å². The Morgan fingerprint density at radius 2 is 1.53 bits per heavy atom. The van der Waals surface area contributed by atoms with E-state index in [2.05, 4.69) is 9.97 Å². The van der Waals surface area contributed by atoms with Gasteiger partial charge in [0.05, 0.1) is 18.4 Å². The largest absolute Gasteiger partial charge is 0.445 e. The van der Waals surface area contributed by atoms with Crippen LogP contribution in [0.3, 0.4) is 0 Å². The molecule has 0 aromatic carbocycles. The van der Waals surface area contributed by atoms with E-state index < -0.39 is 30.5 Å². The number of hydrogen-bond acceptors (Lipinski definition) is 13. The molecule has 0 unspecified atom stereocenters. The Hall–Kier alpha value is -1.94. The van der Waals surface area contributed by atoms with Gasteiger partial charge in [-0.15, -0.1) is 0 Å². The first-order valence-corrected chi connectivity index (χ1v) is 10.5. The van der Waals surface area contributed by atoms with E-state index in [4.69, 9.17) is 46.7 Å². The third kappa shape index (κ3) is 8.69. The van der Waals surface area contributed by atoms with Crippen molar-refractivity contribution in [2.24, 2.45) is 0 Å². The number of ether oxygens (including phenoxy) is 8. The fraction of sp³-hybridized carbons (Fsp3) is 0.714. The summed E-state index contributed by atoms with van der Waals surface area (Å²) in [5.41, 5.74) is 0.410. The molecule has 0 aliphatic heterocycles. The van der Waals surface area contributed by atoms with Gasteiger partial charge >= 0.3 is 0 Å². The van der Waals surface area contributed by atoms with E-state index in [0.717, 1.165) is 0 Å². The number of aliphatic hydroxyl groups is 1. The maximum absolute atomic E-state index is 10.4. The average molecular weight is 491 g/mol. The molecule has 0 saturated carbocycles. The lowest BCUT2D eigenvalue weighted by molar-refractivity contribution is -0.212. The highest BCUT2D eigenvalue weighted by atomic mass is 16.7. The van der Waals surface area contributed by atoms with Crippen LogP contribution >= 0.6 is 0 Å². The minimum Gasteiger partial charge on any atom is -0.445 e. The zero-order chi connectivity index (χ0) is 24.8. The van der Waals surface area contributed by atoms with E-state index in [1.165, 1.54) is 47.3 Å². The van der Waals surface area contributed by atoms with Crippen molar-refractivity contribution in [3.8, 4) is 0 Å². The number of rotatable bonds is 19. The van der Waals surface area contributed by atoms with Crippen LogP contribution in [-0.4, -0.2) is 89.0 Å². The van der Waals surface area contributed by atoms with E-state index in [1.807, 2.05) is 6.92 Å². The van der Waals surface area contributed by atoms with Crippen molar-refractivity contribution >= 4 is 0 Å². The minimum atomic E-state index is -1.22. The lowest BCUT2D eigenvalue weighted by Crippen LogP contribution is -2.43. The zero-order valence-electron chi connectivity index (χ0n) is 20.1. The van der Waals surface area contributed by atoms with E-state index in [0.29, 0.717) is 5.69 Å². The molecule has 2 heterocycles. The van der Waals surface area contributed by atoms with Crippen LogP contribution in [0.1, 0.15) is 42.9 Å².